The SMILES string of the molecule is CC(C)C(NC(=O)c1c(F)cccc1F)C(=O)N1CCN(c2ccc(F)cc2)CC1. The van der Waals surface area contributed by atoms with Crippen LogP contribution in [0.3, 0.4) is 0 Å². The molecule has 3 rings (SSSR count). The van der Waals surface area contributed by atoms with Gasteiger partial charge in [0.15, 0.2) is 0 Å². The van der Waals surface area contributed by atoms with Crippen LogP contribution < -0.4 is 10.2 Å². The summed E-state index contributed by atoms with van der Waals surface area (Å²) in [5, 5.41) is 2.50. The van der Waals surface area contributed by atoms with Crippen LogP contribution in [-0.4, -0.2) is 48.9 Å². The number of amides is 2. The lowest BCUT2D eigenvalue weighted by Crippen LogP contribution is -2.56. The molecule has 1 aliphatic rings. The van der Waals surface area contributed by atoms with Gasteiger partial charge < -0.3 is 15.1 Å². The molecular formula is C22H24F3N3O2. The molecule has 0 aliphatic carbocycles. The van der Waals surface area contributed by atoms with Crippen LogP contribution in [0.25, 0.3) is 0 Å². The number of benzene rings is 2. The van der Waals surface area contributed by atoms with E-state index in [9.17, 15) is 22.8 Å². The third-order valence-corrected chi connectivity index (χ3v) is 5.19. The van der Waals surface area contributed by atoms with Gasteiger partial charge in [-0.05, 0) is 42.3 Å². The fraction of sp³-hybridized carbons (Fsp3) is 0.364. The van der Waals surface area contributed by atoms with Crippen LogP contribution in [-0.2, 0) is 4.79 Å². The van der Waals surface area contributed by atoms with Crippen molar-refractivity contribution in [3.8, 4) is 0 Å². The molecule has 0 spiro atoms. The highest BCUT2D eigenvalue weighted by molar-refractivity contribution is 5.98. The van der Waals surface area contributed by atoms with E-state index in [0.717, 1.165) is 17.8 Å². The van der Waals surface area contributed by atoms with E-state index < -0.39 is 29.1 Å². The molecule has 0 radical (unpaired) electrons. The molecule has 1 N–H and O–H groups in total. The number of anilines is 1. The predicted molar refractivity (Wildman–Crippen MR) is 108 cm³/mol. The summed E-state index contributed by atoms with van der Waals surface area (Å²) in [4.78, 5) is 29.1. The number of rotatable bonds is 5. The minimum atomic E-state index is -0.977. The Morgan fingerprint density at radius 1 is 0.900 bits per heavy atom. The van der Waals surface area contributed by atoms with E-state index in [4.69, 9.17) is 0 Å². The molecule has 160 valence electrons. The predicted octanol–water partition coefficient (Wildman–Crippen LogP) is 3.21. The minimum absolute atomic E-state index is 0.272. The van der Waals surface area contributed by atoms with E-state index in [1.807, 2.05) is 4.90 Å². The summed E-state index contributed by atoms with van der Waals surface area (Å²) >= 11 is 0. The first-order valence-electron chi connectivity index (χ1n) is 9.82. The lowest BCUT2D eigenvalue weighted by atomic mass is 10.0. The molecule has 1 saturated heterocycles. The highest BCUT2D eigenvalue weighted by Crippen LogP contribution is 2.19. The second-order valence-electron chi connectivity index (χ2n) is 7.58. The van der Waals surface area contributed by atoms with Crippen LogP contribution in [0, 0.1) is 23.4 Å². The number of carbonyl (C=O) groups excluding carboxylic acids is 2. The van der Waals surface area contributed by atoms with E-state index in [1.54, 1.807) is 30.9 Å². The van der Waals surface area contributed by atoms with Crippen molar-refractivity contribution in [2.24, 2.45) is 5.92 Å². The van der Waals surface area contributed by atoms with E-state index in [0.29, 0.717) is 26.2 Å². The van der Waals surface area contributed by atoms with Crippen LogP contribution >= 0.6 is 0 Å². The van der Waals surface area contributed by atoms with Gasteiger partial charge in [-0.25, -0.2) is 13.2 Å². The third-order valence-electron chi connectivity index (χ3n) is 5.19. The summed E-state index contributed by atoms with van der Waals surface area (Å²) in [7, 11) is 0. The molecule has 1 atom stereocenters. The molecular weight excluding hydrogens is 395 g/mol. The molecule has 0 aromatic heterocycles. The van der Waals surface area contributed by atoms with E-state index in [-0.39, 0.29) is 17.6 Å². The fourth-order valence-corrected chi connectivity index (χ4v) is 3.48. The molecule has 30 heavy (non-hydrogen) atoms. The molecule has 0 bridgehead atoms. The van der Waals surface area contributed by atoms with Crippen molar-refractivity contribution in [2.45, 2.75) is 19.9 Å². The summed E-state index contributed by atoms with van der Waals surface area (Å²) in [6.07, 6.45) is 0. The number of hydrogen-bond acceptors (Lipinski definition) is 3. The number of halogens is 3. The topological polar surface area (TPSA) is 52.7 Å². The van der Waals surface area contributed by atoms with Crippen LogP contribution in [0.5, 0.6) is 0 Å². The normalized spacial score (nSPS) is 15.3. The zero-order chi connectivity index (χ0) is 21.8. The quantitative estimate of drug-likeness (QED) is 0.810. The maximum absolute atomic E-state index is 13.9. The van der Waals surface area contributed by atoms with Gasteiger partial charge in [-0.3, -0.25) is 9.59 Å². The van der Waals surface area contributed by atoms with Crippen molar-refractivity contribution >= 4 is 17.5 Å². The standard InChI is InChI=1S/C22H24F3N3O2/c1-14(2)20(26-21(29)19-17(24)4-3-5-18(19)25)22(30)28-12-10-27(11-13-28)16-8-6-15(23)7-9-16/h3-9,14,20H,10-13H2,1-2H3,(H,26,29). The zero-order valence-electron chi connectivity index (χ0n) is 16.9. The number of nitrogens with zero attached hydrogens (tertiary/aromatic N) is 2. The summed E-state index contributed by atoms with van der Waals surface area (Å²) in [6, 6.07) is 8.41. The highest BCUT2D eigenvalue weighted by Gasteiger charge is 2.32. The minimum Gasteiger partial charge on any atom is -0.368 e. The number of hydrogen-bond donors (Lipinski definition) is 1. The van der Waals surface area contributed by atoms with E-state index in [1.165, 1.54) is 18.2 Å². The smallest absolute Gasteiger partial charge is 0.257 e. The van der Waals surface area contributed by atoms with Crippen LogP contribution in [0.15, 0.2) is 42.5 Å². The van der Waals surface area contributed by atoms with Crippen molar-refractivity contribution in [1.29, 1.82) is 0 Å². The van der Waals surface area contributed by atoms with Gasteiger partial charge >= 0.3 is 0 Å². The average Bonchev–Trinajstić information content (AvgIpc) is 2.72. The van der Waals surface area contributed by atoms with Gasteiger partial charge in [-0.1, -0.05) is 19.9 Å². The zero-order valence-corrected chi connectivity index (χ0v) is 16.9. The lowest BCUT2D eigenvalue weighted by Gasteiger charge is -2.38. The maximum atomic E-state index is 13.9. The molecule has 1 heterocycles. The van der Waals surface area contributed by atoms with Crippen LogP contribution in [0.1, 0.15) is 24.2 Å². The molecule has 1 aliphatic heterocycles. The van der Waals surface area contributed by atoms with Crippen LogP contribution in [0.4, 0.5) is 18.9 Å². The molecule has 5 nitrogen and oxygen atoms in total. The number of nitrogens with one attached hydrogen (secondary N) is 1. The van der Waals surface area contributed by atoms with Crippen LogP contribution in [0.2, 0.25) is 0 Å². The number of piperazine rings is 1. The summed E-state index contributed by atoms with van der Waals surface area (Å²) in [6.45, 7) is 5.47. The summed E-state index contributed by atoms with van der Waals surface area (Å²) in [5.41, 5.74) is 0.171. The van der Waals surface area contributed by atoms with Gasteiger partial charge in [0.05, 0.1) is 0 Å². The lowest BCUT2D eigenvalue weighted by molar-refractivity contribution is -0.134. The molecule has 1 fully saturated rings. The first-order chi connectivity index (χ1) is 14.3. The van der Waals surface area contributed by atoms with E-state index in [2.05, 4.69) is 5.32 Å². The fourth-order valence-electron chi connectivity index (χ4n) is 3.48. The Balaban J connectivity index is 1.66. The van der Waals surface area contributed by atoms with Gasteiger partial charge in [0.1, 0.15) is 29.1 Å². The summed E-state index contributed by atoms with van der Waals surface area (Å²) in [5.74, 6) is -3.79. The Hall–Kier alpha value is -3.03. The highest BCUT2D eigenvalue weighted by atomic mass is 19.1. The van der Waals surface area contributed by atoms with Gasteiger partial charge in [0, 0.05) is 31.9 Å². The average molecular weight is 419 g/mol. The van der Waals surface area contributed by atoms with Gasteiger partial charge in [0.2, 0.25) is 5.91 Å². The Morgan fingerprint density at radius 3 is 2.00 bits per heavy atom. The molecule has 2 aromatic carbocycles. The number of carbonyl (C=O) groups is 2. The third kappa shape index (κ3) is 4.75. The monoisotopic (exact) mass is 419 g/mol. The van der Waals surface area contributed by atoms with Crippen molar-refractivity contribution in [1.82, 2.24) is 10.2 Å². The second-order valence-corrected chi connectivity index (χ2v) is 7.58. The van der Waals surface area contributed by atoms with Gasteiger partial charge in [-0.15, -0.1) is 0 Å². The Labute approximate surface area is 173 Å². The van der Waals surface area contributed by atoms with Crippen molar-refractivity contribution in [3.05, 3.63) is 65.5 Å². The molecule has 2 amide bonds. The van der Waals surface area contributed by atoms with E-state index >= 15 is 0 Å². The summed E-state index contributed by atoms with van der Waals surface area (Å²) < 4.78 is 40.9. The van der Waals surface area contributed by atoms with Crippen molar-refractivity contribution < 1.29 is 22.8 Å². The molecule has 2 aromatic rings. The Bertz CT molecular complexity index is 890. The largest absolute Gasteiger partial charge is 0.368 e. The molecule has 1 unspecified atom stereocenters. The molecule has 0 saturated carbocycles. The van der Waals surface area contributed by atoms with Gasteiger partial charge in [-0.2, -0.15) is 0 Å². The molecule has 8 heteroatoms. The van der Waals surface area contributed by atoms with Crippen molar-refractivity contribution in [3.63, 3.8) is 0 Å². The van der Waals surface area contributed by atoms with Gasteiger partial charge in [0.25, 0.3) is 5.91 Å². The Morgan fingerprint density at radius 2 is 1.47 bits per heavy atom. The first-order valence-corrected chi connectivity index (χ1v) is 9.82. The first kappa shape index (κ1) is 21.7. The second kappa shape index (κ2) is 9.19. The maximum Gasteiger partial charge on any atom is 0.257 e. The van der Waals surface area contributed by atoms with Crippen molar-refractivity contribution in [2.75, 3.05) is 31.1 Å². The Kier molecular flexibility index (Phi) is 6.64.